The first-order valence-corrected chi connectivity index (χ1v) is 5.67. The van der Waals surface area contributed by atoms with Gasteiger partial charge in [0.15, 0.2) is 5.78 Å². The molecule has 0 aliphatic heterocycles. The van der Waals surface area contributed by atoms with Crippen LogP contribution in [-0.4, -0.2) is 26.4 Å². The van der Waals surface area contributed by atoms with Crippen LogP contribution < -0.4 is 0 Å². The number of Topliss-reactive ketones (excluding diaryl/α,β-unsaturated/α-hetero) is 1. The molecule has 1 unspecified atom stereocenters. The molecule has 6 heteroatoms. The Bertz CT molecular complexity index is 693. The van der Waals surface area contributed by atoms with Gasteiger partial charge < -0.3 is 9.67 Å². The summed E-state index contributed by atoms with van der Waals surface area (Å²) >= 11 is 0. The van der Waals surface area contributed by atoms with E-state index in [1.807, 2.05) is 0 Å². The van der Waals surface area contributed by atoms with Crippen molar-refractivity contribution < 1.29 is 19.1 Å². The fourth-order valence-electron chi connectivity index (χ4n) is 2.42. The molecule has 1 aromatic heterocycles. The lowest BCUT2D eigenvalue weighted by Gasteiger charge is -2.11. The van der Waals surface area contributed by atoms with Crippen LogP contribution in [0.2, 0.25) is 0 Å². The monoisotopic (exact) mass is 260 g/mol. The predicted molar refractivity (Wildman–Crippen MR) is 62.7 cm³/mol. The number of carbonyl (C=O) groups is 2. The number of carbonyl (C=O) groups excluding carboxylic acids is 1. The second kappa shape index (κ2) is 4.01. The van der Waals surface area contributed by atoms with Gasteiger partial charge in [0.25, 0.3) is 0 Å². The molecule has 1 aliphatic rings. The Morgan fingerprint density at radius 3 is 2.95 bits per heavy atom. The largest absolute Gasteiger partial charge is 0.475 e. The van der Waals surface area contributed by atoms with Gasteiger partial charge in [-0.2, -0.15) is 0 Å². The van der Waals surface area contributed by atoms with Gasteiger partial charge in [-0.3, -0.25) is 4.79 Å². The Labute approximate surface area is 107 Å². The van der Waals surface area contributed by atoms with Crippen molar-refractivity contribution >= 4 is 11.8 Å². The van der Waals surface area contributed by atoms with Crippen molar-refractivity contribution in [3.05, 3.63) is 53.4 Å². The van der Waals surface area contributed by atoms with Crippen LogP contribution in [-0.2, 0) is 6.42 Å². The zero-order valence-corrected chi connectivity index (χ0v) is 9.71. The molecule has 19 heavy (non-hydrogen) atoms. The van der Waals surface area contributed by atoms with E-state index in [4.69, 9.17) is 5.11 Å². The predicted octanol–water partition coefficient (Wildman–Crippen LogP) is 1.70. The molecule has 2 aromatic rings. The van der Waals surface area contributed by atoms with Crippen LogP contribution in [0.3, 0.4) is 0 Å². The number of nitrogens with zero attached hydrogens (tertiary/aromatic N) is 2. The SMILES string of the molecule is O=C(O)c1nccn1C1Cc2c(F)cccc2C1=O. The number of fused-ring (bicyclic) bond motifs is 1. The molecule has 1 atom stereocenters. The smallest absolute Gasteiger partial charge is 0.372 e. The third kappa shape index (κ3) is 1.64. The molecule has 1 aromatic carbocycles. The van der Waals surface area contributed by atoms with Crippen molar-refractivity contribution in [3.8, 4) is 0 Å². The number of halogens is 1. The molecule has 0 fully saturated rings. The zero-order chi connectivity index (χ0) is 13.6. The highest BCUT2D eigenvalue weighted by Gasteiger charge is 2.35. The second-order valence-electron chi connectivity index (χ2n) is 4.31. The third-order valence-corrected chi connectivity index (χ3v) is 3.28. The highest BCUT2D eigenvalue weighted by molar-refractivity contribution is 6.03. The number of carboxylic acids is 1. The van der Waals surface area contributed by atoms with Crippen LogP contribution in [0.15, 0.2) is 30.6 Å². The molecule has 1 aliphatic carbocycles. The number of carboxylic acid groups (broad SMARTS) is 1. The third-order valence-electron chi connectivity index (χ3n) is 3.28. The second-order valence-corrected chi connectivity index (χ2v) is 4.31. The lowest BCUT2D eigenvalue weighted by atomic mass is 10.1. The summed E-state index contributed by atoms with van der Waals surface area (Å²) in [6.45, 7) is 0. The molecule has 3 rings (SSSR count). The molecule has 0 saturated heterocycles. The van der Waals surface area contributed by atoms with E-state index < -0.39 is 17.8 Å². The Morgan fingerprint density at radius 1 is 1.47 bits per heavy atom. The van der Waals surface area contributed by atoms with E-state index in [0.717, 1.165) is 0 Å². The summed E-state index contributed by atoms with van der Waals surface area (Å²) in [5.41, 5.74) is 0.651. The molecule has 0 amide bonds. The van der Waals surface area contributed by atoms with E-state index >= 15 is 0 Å². The molecule has 0 bridgehead atoms. The van der Waals surface area contributed by atoms with Gasteiger partial charge >= 0.3 is 5.97 Å². The lowest BCUT2D eigenvalue weighted by molar-refractivity contribution is 0.0675. The number of aromatic carboxylic acids is 1. The number of imidazole rings is 1. The van der Waals surface area contributed by atoms with Crippen LogP contribution in [0.5, 0.6) is 0 Å². The maximum Gasteiger partial charge on any atom is 0.372 e. The maximum atomic E-state index is 13.6. The van der Waals surface area contributed by atoms with Gasteiger partial charge in [0.1, 0.15) is 11.9 Å². The number of aromatic nitrogens is 2. The maximum absolute atomic E-state index is 13.6. The summed E-state index contributed by atoms with van der Waals surface area (Å²) in [7, 11) is 0. The van der Waals surface area contributed by atoms with Gasteiger partial charge in [-0.25, -0.2) is 14.2 Å². The minimum Gasteiger partial charge on any atom is -0.475 e. The lowest BCUT2D eigenvalue weighted by Crippen LogP contribution is -2.20. The number of rotatable bonds is 2. The number of hydrogen-bond acceptors (Lipinski definition) is 3. The van der Waals surface area contributed by atoms with Crippen molar-refractivity contribution in [2.75, 3.05) is 0 Å². The minimum absolute atomic E-state index is 0.150. The first-order chi connectivity index (χ1) is 9.09. The van der Waals surface area contributed by atoms with Gasteiger partial charge in [-0.15, -0.1) is 0 Å². The molecule has 5 nitrogen and oxygen atoms in total. The quantitative estimate of drug-likeness (QED) is 0.892. The molecule has 1 N–H and O–H groups in total. The summed E-state index contributed by atoms with van der Waals surface area (Å²) in [6.07, 6.45) is 2.89. The summed E-state index contributed by atoms with van der Waals surface area (Å²) < 4.78 is 14.9. The Kier molecular flexibility index (Phi) is 2.45. The Hall–Kier alpha value is -2.50. The number of ketones is 1. The van der Waals surface area contributed by atoms with Crippen LogP contribution >= 0.6 is 0 Å². The van der Waals surface area contributed by atoms with Gasteiger partial charge in [0.2, 0.25) is 5.82 Å². The summed E-state index contributed by atoms with van der Waals surface area (Å²) in [5, 5.41) is 9.00. The highest BCUT2D eigenvalue weighted by atomic mass is 19.1. The number of benzene rings is 1. The van der Waals surface area contributed by atoms with E-state index in [0.29, 0.717) is 11.1 Å². The molecule has 96 valence electrons. The van der Waals surface area contributed by atoms with Gasteiger partial charge in [-0.05, 0) is 6.07 Å². The fourth-order valence-corrected chi connectivity index (χ4v) is 2.42. The van der Waals surface area contributed by atoms with Gasteiger partial charge in [-0.1, -0.05) is 12.1 Å². The molecule has 0 saturated carbocycles. The standard InChI is InChI=1S/C13H9FN2O3/c14-9-3-1-2-7-8(9)6-10(11(7)17)16-5-4-15-12(16)13(18)19/h1-5,10H,6H2,(H,18,19). The minimum atomic E-state index is -1.21. The first-order valence-electron chi connectivity index (χ1n) is 5.67. The van der Waals surface area contributed by atoms with E-state index in [9.17, 15) is 14.0 Å². The summed E-state index contributed by atoms with van der Waals surface area (Å²) in [4.78, 5) is 26.9. The van der Waals surface area contributed by atoms with Crippen LogP contribution in [0.1, 0.15) is 32.6 Å². The van der Waals surface area contributed by atoms with Gasteiger partial charge in [0.05, 0.1) is 0 Å². The highest BCUT2D eigenvalue weighted by Crippen LogP contribution is 2.32. The average Bonchev–Trinajstić information content (AvgIpc) is 2.95. The van der Waals surface area contributed by atoms with E-state index in [1.54, 1.807) is 6.07 Å². The first kappa shape index (κ1) is 11.6. The molecule has 0 radical (unpaired) electrons. The van der Waals surface area contributed by atoms with Crippen molar-refractivity contribution in [2.45, 2.75) is 12.5 Å². The molecular formula is C13H9FN2O3. The summed E-state index contributed by atoms with van der Waals surface area (Å²) in [6, 6.07) is 3.58. The zero-order valence-electron chi connectivity index (χ0n) is 9.71. The van der Waals surface area contributed by atoms with Crippen LogP contribution in [0.4, 0.5) is 4.39 Å². The summed E-state index contributed by atoms with van der Waals surface area (Å²) in [5.74, 6) is -2.15. The van der Waals surface area contributed by atoms with Crippen molar-refractivity contribution in [1.29, 1.82) is 0 Å². The molecule has 1 heterocycles. The van der Waals surface area contributed by atoms with E-state index in [1.165, 1.54) is 29.1 Å². The normalized spacial score (nSPS) is 17.5. The fraction of sp³-hybridized carbons (Fsp3) is 0.154. The Morgan fingerprint density at radius 2 is 2.26 bits per heavy atom. The Balaban J connectivity index is 2.07. The van der Waals surface area contributed by atoms with E-state index in [-0.39, 0.29) is 18.0 Å². The average molecular weight is 260 g/mol. The van der Waals surface area contributed by atoms with E-state index in [2.05, 4.69) is 4.98 Å². The van der Waals surface area contributed by atoms with Gasteiger partial charge in [0, 0.05) is 29.9 Å². The molecule has 0 spiro atoms. The topological polar surface area (TPSA) is 72.2 Å². The van der Waals surface area contributed by atoms with Crippen LogP contribution in [0, 0.1) is 5.82 Å². The van der Waals surface area contributed by atoms with Crippen molar-refractivity contribution in [3.63, 3.8) is 0 Å². The number of hydrogen-bond donors (Lipinski definition) is 1. The van der Waals surface area contributed by atoms with Crippen molar-refractivity contribution in [1.82, 2.24) is 9.55 Å². The van der Waals surface area contributed by atoms with Crippen LogP contribution in [0.25, 0.3) is 0 Å². The molecular weight excluding hydrogens is 251 g/mol. The van der Waals surface area contributed by atoms with Crippen molar-refractivity contribution in [2.24, 2.45) is 0 Å².